The second kappa shape index (κ2) is 7.76. The largest absolute Gasteiger partial charge is 0.478 e. The molecule has 0 aliphatic carbocycles. The molecule has 0 aromatic carbocycles. The number of carbonyl (C=O) groups excluding carboxylic acids is 1. The molecule has 0 saturated heterocycles. The number of amides is 1. The zero-order valence-corrected chi connectivity index (χ0v) is 13.0. The summed E-state index contributed by atoms with van der Waals surface area (Å²) in [6.07, 6.45) is 5.92. The van der Waals surface area contributed by atoms with E-state index in [0.29, 0.717) is 6.54 Å². The standard InChI is InChI=1S/C16H24N2O3/c1-4-5-6-9-16(2,3)11-18-14(19)13-12(15(20)21)8-7-10-17-13/h7-8,10H,4-6,9,11H2,1-3H3,(H,18,19)(H,20,21). The van der Waals surface area contributed by atoms with E-state index in [9.17, 15) is 9.59 Å². The molecule has 2 N–H and O–H groups in total. The molecule has 21 heavy (non-hydrogen) atoms. The Bertz CT molecular complexity index is 498. The predicted octanol–water partition coefficient (Wildman–Crippen LogP) is 3.12. The summed E-state index contributed by atoms with van der Waals surface area (Å²) in [6.45, 7) is 6.85. The minimum absolute atomic E-state index is 0.0109. The van der Waals surface area contributed by atoms with Crippen molar-refractivity contribution in [3.8, 4) is 0 Å². The lowest BCUT2D eigenvalue weighted by Crippen LogP contribution is -2.35. The molecule has 0 bridgehead atoms. The van der Waals surface area contributed by atoms with Crippen LogP contribution in [0.2, 0.25) is 0 Å². The Balaban J connectivity index is 2.64. The molecule has 0 aliphatic heterocycles. The van der Waals surface area contributed by atoms with Crippen LogP contribution in [-0.2, 0) is 0 Å². The molecular formula is C16H24N2O3. The number of carbonyl (C=O) groups is 2. The summed E-state index contributed by atoms with van der Waals surface area (Å²) >= 11 is 0. The van der Waals surface area contributed by atoms with Crippen LogP contribution < -0.4 is 5.32 Å². The highest BCUT2D eigenvalue weighted by atomic mass is 16.4. The summed E-state index contributed by atoms with van der Waals surface area (Å²) in [5, 5.41) is 11.9. The van der Waals surface area contributed by atoms with Gasteiger partial charge in [-0.2, -0.15) is 0 Å². The van der Waals surface area contributed by atoms with E-state index in [1.807, 2.05) is 0 Å². The maximum absolute atomic E-state index is 12.1. The number of hydrogen-bond donors (Lipinski definition) is 2. The molecule has 1 rings (SSSR count). The van der Waals surface area contributed by atoms with Crippen molar-refractivity contribution >= 4 is 11.9 Å². The normalized spacial score (nSPS) is 11.2. The number of aromatic carboxylic acids is 1. The van der Waals surface area contributed by atoms with Crippen LogP contribution in [0.3, 0.4) is 0 Å². The first kappa shape index (κ1) is 17.1. The van der Waals surface area contributed by atoms with Gasteiger partial charge in [0.15, 0.2) is 0 Å². The molecular weight excluding hydrogens is 268 g/mol. The molecule has 0 atom stereocenters. The van der Waals surface area contributed by atoms with Crippen molar-refractivity contribution in [3.63, 3.8) is 0 Å². The highest BCUT2D eigenvalue weighted by Gasteiger charge is 2.22. The summed E-state index contributed by atoms with van der Waals surface area (Å²) in [5.41, 5.74) is -0.114. The van der Waals surface area contributed by atoms with Gasteiger partial charge in [0, 0.05) is 12.7 Å². The maximum Gasteiger partial charge on any atom is 0.338 e. The Hall–Kier alpha value is -1.91. The van der Waals surface area contributed by atoms with E-state index in [2.05, 4.69) is 31.1 Å². The number of nitrogens with one attached hydrogen (secondary N) is 1. The van der Waals surface area contributed by atoms with E-state index in [1.165, 1.54) is 31.2 Å². The number of pyridine rings is 1. The van der Waals surface area contributed by atoms with Gasteiger partial charge in [0.2, 0.25) is 0 Å². The van der Waals surface area contributed by atoms with Crippen LogP contribution in [0.5, 0.6) is 0 Å². The maximum atomic E-state index is 12.1. The third kappa shape index (κ3) is 5.53. The van der Waals surface area contributed by atoms with Gasteiger partial charge in [0.05, 0.1) is 5.56 Å². The van der Waals surface area contributed by atoms with E-state index in [0.717, 1.165) is 12.8 Å². The SMILES string of the molecule is CCCCCC(C)(C)CNC(=O)c1ncccc1C(=O)O. The number of hydrogen-bond acceptors (Lipinski definition) is 3. The number of carboxylic acids is 1. The van der Waals surface area contributed by atoms with E-state index < -0.39 is 11.9 Å². The molecule has 5 nitrogen and oxygen atoms in total. The van der Waals surface area contributed by atoms with Crippen molar-refractivity contribution in [2.24, 2.45) is 5.41 Å². The van der Waals surface area contributed by atoms with Crippen LogP contribution in [0.25, 0.3) is 0 Å². The minimum atomic E-state index is -1.14. The Labute approximate surface area is 125 Å². The van der Waals surface area contributed by atoms with Gasteiger partial charge >= 0.3 is 5.97 Å². The number of aromatic nitrogens is 1. The second-order valence-corrected chi connectivity index (χ2v) is 6.01. The van der Waals surface area contributed by atoms with Gasteiger partial charge in [0.25, 0.3) is 5.91 Å². The third-order valence-corrected chi connectivity index (χ3v) is 3.44. The molecule has 0 unspecified atom stereocenters. The molecule has 0 fully saturated rings. The van der Waals surface area contributed by atoms with Crippen molar-refractivity contribution < 1.29 is 14.7 Å². The van der Waals surface area contributed by atoms with E-state index in [4.69, 9.17) is 5.11 Å². The number of rotatable bonds is 8. The Morgan fingerprint density at radius 1 is 1.33 bits per heavy atom. The van der Waals surface area contributed by atoms with Crippen LogP contribution in [0.4, 0.5) is 0 Å². The first-order valence-electron chi connectivity index (χ1n) is 7.34. The smallest absolute Gasteiger partial charge is 0.338 e. The summed E-state index contributed by atoms with van der Waals surface area (Å²) < 4.78 is 0. The zero-order valence-electron chi connectivity index (χ0n) is 13.0. The first-order chi connectivity index (χ1) is 9.87. The van der Waals surface area contributed by atoms with Gasteiger partial charge in [-0.15, -0.1) is 0 Å². The fourth-order valence-corrected chi connectivity index (χ4v) is 2.10. The molecule has 5 heteroatoms. The molecule has 0 radical (unpaired) electrons. The van der Waals surface area contributed by atoms with Gasteiger partial charge in [-0.3, -0.25) is 9.78 Å². The zero-order chi connectivity index (χ0) is 15.9. The van der Waals surface area contributed by atoms with Crippen molar-refractivity contribution in [1.82, 2.24) is 10.3 Å². The fourth-order valence-electron chi connectivity index (χ4n) is 2.10. The summed E-state index contributed by atoms with van der Waals surface area (Å²) in [4.78, 5) is 27.1. The Kier molecular flexibility index (Phi) is 6.34. The lowest BCUT2D eigenvalue weighted by Gasteiger charge is -2.25. The lowest BCUT2D eigenvalue weighted by molar-refractivity contribution is 0.0689. The van der Waals surface area contributed by atoms with Crippen LogP contribution in [-0.4, -0.2) is 28.5 Å². The van der Waals surface area contributed by atoms with Crippen LogP contribution >= 0.6 is 0 Å². The summed E-state index contributed by atoms with van der Waals surface area (Å²) in [5.74, 6) is -1.58. The molecule has 0 spiro atoms. The topological polar surface area (TPSA) is 79.3 Å². The van der Waals surface area contributed by atoms with E-state index in [1.54, 1.807) is 0 Å². The average molecular weight is 292 g/mol. The minimum Gasteiger partial charge on any atom is -0.478 e. The molecule has 0 saturated carbocycles. The molecule has 116 valence electrons. The van der Waals surface area contributed by atoms with E-state index >= 15 is 0 Å². The fraction of sp³-hybridized carbons (Fsp3) is 0.562. The number of nitrogens with zero attached hydrogens (tertiary/aromatic N) is 1. The molecule has 1 amide bonds. The summed E-state index contributed by atoms with van der Waals surface area (Å²) in [7, 11) is 0. The predicted molar refractivity (Wildman–Crippen MR) is 81.5 cm³/mol. The first-order valence-corrected chi connectivity index (χ1v) is 7.34. The number of carboxylic acid groups (broad SMARTS) is 1. The third-order valence-electron chi connectivity index (χ3n) is 3.44. The van der Waals surface area contributed by atoms with Crippen molar-refractivity contribution in [1.29, 1.82) is 0 Å². The second-order valence-electron chi connectivity index (χ2n) is 6.01. The highest BCUT2D eigenvalue weighted by molar-refractivity contribution is 6.03. The lowest BCUT2D eigenvalue weighted by atomic mass is 9.87. The van der Waals surface area contributed by atoms with Gasteiger partial charge in [-0.25, -0.2) is 4.79 Å². The number of unbranched alkanes of at least 4 members (excludes halogenated alkanes) is 2. The van der Waals surface area contributed by atoms with Crippen LogP contribution in [0, 0.1) is 5.41 Å². The van der Waals surface area contributed by atoms with Crippen molar-refractivity contribution in [2.75, 3.05) is 6.54 Å². The average Bonchev–Trinajstić information content (AvgIpc) is 2.45. The van der Waals surface area contributed by atoms with Gasteiger partial charge in [-0.05, 0) is 24.0 Å². The van der Waals surface area contributed by atoms with Crippen LogP contribution in [0.1, 0.15) is 67.3 Å². The Morgan fingerprint density at radius 2 is 2.05 bits per heavy atom. The van der Waals surface area contributed by atoms with Crippen molar-refractivity contribution in [3.05, 3.63) is 29.6 Å². The molecule has 1 aromatic heterocycles. The molecule has 1 aromatic rings. The van der Waals surface area contributed by atoms with Crippen molar-refractivity contribution in [2.45, 2.75) is 46.5 Å². The molecule has 0 aliphatic rings. The van der Waals surface area contributed by atoms with Gasteiger partial charge < -0.3 is 10.4 Å². The Morgan fingerprint density at radius 3 is 2.67 bits per heavy atom. The van der Waals surface area contributed by atoms with E-state index in [-0.39, 0.29) is 16.7 Å². The highest BCUT2D eigenvalue weighted by Crippen LogP contribution is 2.22. The summed E-state index contributed by atoms with van der Waals surface area (Å²) in [6, 6.07) is 2.89. The molecule has 1 heterocycles. The quantitative estimate of drug-likeness (QED) is 0.721. The van der Waals surface area contributed by atoms with Crippen LogP contribution in [0.15, 0.2) is 18.3 Å². The monoisotopic (exact) mass is 292 g/mol. The van der Waals surface area contributed by atoms with Gasteiger partial charge in [-0.1, -0.05) is 40.0 Å². The van der Waals surface area contributed by atoms with Gasteiger partial charge in [0.1, 0.15) is 5.69 Å².